The zero-order chi connectivity index (χ0) is 39.7. The van der Waals surface area contributed by atoms with Gasteiger partial charge >= 0.3 is 6.03 Å². The summed E-state index contributed by atoms with van der Waals surface area (Å²) >= 11 is 0. The van der Waals surface area contributed by atoms with Crippen LogP contribution >= 0.6 is 0 Å². The van der Waals surface area contributed by atoms with Crippen molar-refractivity contribution < 1.29 is 23.7 Å². The van der Waals surface area contributed by atoms with Crippen LogP contribution in [-0.4, -0.2) is 112 Å². The van der Waals surface area contributed by atoms with E-state index in [9.17, 15) is 19.2 Å². The number of piperidine rings is 2. The minimum atomic E-state index is -0.642. The summed E-state index contributed by atoms with van der Waals surface area (Å²) < 4.78 is 5.89. The van der Waals surface area contributed by atoms with Crippen LogP contribution in [0.4, 0.5) is 22.1 Å². The van der Waals surface area contributed by atoms with Gasteiger partial charge in [0.05, 0.1) is 18.2 Å². The molecule has 2 aromatic heterocycles. The Kier molecular flexibility index (Phi) is 9.10. The highest BCUT2D eigenvalue weighted by molar-refractivity contribution is 6.02. The van der Waals surface area contributed by atoms with Gasteiger partial charge in [-0.2, -0.15) is 0 Å². The van der Waals surface area contributed by atoms with Gasteiger partial charge in [0.2, 0.25) is 11.8 Å². The van der Waals surface area contributed by atoms with E-state index >= 15 is 0 Å². The number of carbonyl (C=O) groups excluding carboxylic acids is 4. The van der Waals surface area contributed by atoms with Crippen molar-refractivity contribution >= 4 is 52.0 Å². The lowest BCUT2D eigenvalue weighted by molar-refractivity contribution is -0.134. The molecule has 4 N–H and O–H groups in total. The number of nitrogens with one attached hydrogen (secondary N) is 2. The second kappa shape index (κ2) is 14.4. The first-order chi connectivity index (χ1) is 28.1. The van der Waals surface area contributed by atoms with Crippen LogP contribution in [0.25, 0.3) is 11.0 Å². The van der Waals surface area contributed by atoms with Crippen LogP contribution in [0.3, 0.4) is 0 Å². The number of aromatic nitrogens is 3. The number of likely N-dealkylation sites (N-methyl/N-ethyl adjacent to an activating group) is 1. The Morgan fingerprint density at radius 2 is 1.78 bits per heavy atom. The molecule has 2 aliphatic carbocycles. The number of nitrogens with zero attached hydrogens (tertiary/aromatic N) is 7. The molecule has 2 aromatic carbocycles. The molecule has 1 saturated carbocycles. The maximum Gasteiger partial charge on any atom is 0.320 e. The van der Waals surface area contributed by atoms with Crippen LogP contribution < -0.4 is 21.3 Å². The zero-order valence-corrected chi connectivity index (χ0v) is 32.9. The molecule has 15 nitrogen and oxygen atoms in total. The number of anilines is 3. The molecule has 2 unspecified atom stereocenters. The SMILES string of the molecule is CN1CCN(C2CCCN(c3cnc(C(N)=O)c(Nc4ccc(C5CCC6(CC5)CN([C@@H]5Cc7ccc8c(C9CCC(=O)NC9=O)noc8c7C5)C6)cc4)n3)C2)C1=O. The summed E-state index contributed by atoms with van der Waals surface area (Å²) in [6.07, 6.45) is 10.9. The Balaban J connectivity index is 0.743. The Morgan fingerprint density at radius 1 is 0.966 bits per heavy atom. The highest BCUT2D eigenvalue weighted by Gasteiger charge is 2.48. The van der Waals surface area contributed by atoms with E-state index in [2.05, 4.69) is 48.8 Å². The third kappa shape index (κ3) is 6.52. The average Bonchev–Trinajstić information content (AvgIpc) is 3.94. The number of benzene rings is 2. The first-order valence-electron chi connectivity index (χ1n) is 20.9. The van der Waals surface area contributed by atoms with Crippen molar-refractivity contribution in [1.82, 2.24) is 35.1 Å². The quantitative estimate of drug-likeness (QED) is 0.215. The van der Waals surface area contributed by atoms with Crippen molar-refractivity contribution in [3.8, 4) is 0 Å². The maximum atomic E-state index is 12.7. The van der Waals surface area contributed by atoms with E-state index in [4.69, 9.17) is 15.2 Å². The van der Waals surface area contributed by atoms with Gasteiger partial charge in [0.1, 0.15) is 11.5 Å². The number of imide groups is 1. The van der Waals surface area contributed by atoms with Crippen molar-refractivity contribution in [3.63, 3.8) is 0 Å². The highest BCUT2D eigenvalue weighted by Crippen LogP contribution is 2.50. The minimum absolute atomic E-state index is 0.0721. The van der Waals surface area contributed by atoms with Crippen molar-refractivity contribution in [2.75, 3.05) is 56.5 Å². The van der Waals surface area contributed by atoms with E-state index in [0.29, 0.717) is 54.1 Å². The molecule has 302 valence electrons. The molecule has 4 aliphatic heterocycles. The van der Waals surface area contributed by atoms with Crippen molar-refractivity contribution in [2.24, 2.45) is 11.1 Å². The van der Waals surface area contributed by atoms with E-state index in [1.54, 1.807) is 11.1 Å². The van der Waals surface area contributed by atoms with Crippen LogP contribution in [0, 0.1) is 5.41 Å². The number of rotatable bonds is 8. The minimum Gasteiger partial charge on any atom is -0.364 e. The van der Waals surface area contributed by atoms with Gasteiger partial charge < -0.3 is 30.3 Å². The van der Waals surface area contributed by atoms with Gasteiger partial charge in [-0.3, -0.25) is 24.6 Å². The number of nitrogens with two attached hydrogens (primary N) is 1. The predicted molar refractivity (Wildman–Crippen MR) is 216 cm³/mol. The second-order valence-electron chi connectivity index (χ2n) is 17.6. The van der Waals surface area contributed by atoms with Crippen molar-refractivity contribution in [3.05, 3.63) is 70.7 Å². The summed E-state index contributed by atoms with van der Waals surface area (Å²) in [6.45, 7) is 5.17. The van der Waals surface area contributed by atoms with Gasteiger partial charge in [-0.25, -0.2) is 14.8 Å². The number of carbonyl (C=O) groups is 4. The third-order valence-electron chi connectivity index (χ3n) is 14.0. The first-order valence-corrected chi connectivity index (χ1v) is 20.9. The summed E-state index contributed by atoms with van der Waals surface area (Å²) in [6, 6.07) is 13.3. The summed E-state index contributed by atoms with van der Waals surface area (Å²) in [4.78, 5) is 67.1. The average molecular weight is 787 g/mol. The van der Waals surface area contributed by atoms with Gasteiger partial charge in [-0.1, -0.05) is 23.4 Å². The van der Waals surface area contributed by atoms with Crippen molar-refractivity contribution in [1.29, 1.82) is 0 Å². The van der Waals surface area contributed by atoms with Gasteiger partial charge in [0.15, 0.2) is 17.1 Å². The molecule has 4 saturated heterocycles. The lowest BCUT2D eigenvalue weighted by Gasteiger charge is -2.56. The fourth-order valence-electron chi connectivity index (χ4n) is 10.7. The smallest absolute Gasteiger partial charge is 0.320 e. The molecule has 6 aliphatic rings. The summed E-state index contributed by atoms with van der Waals surface area (Å²) in [7, 11) is 1.84. The number of likely N-dealkylation sites (tertiary alicyclic amines) is 1. The Morgan fingerprint density at radius 3 is 2.52 bits per heavy atom. The lowest BCUT2D eigenvalue weighted by Crippen LogP contribution is -2.61. The predicted octanol–water partition coefficient (Wildman–Crippen LogP) is 4.44. The Bertz CT molecular complexity index is 2290. The number of amides is 5. The van der Waals surface area contributed by atoms with E-state index in [0.717, 1.165) is 87.9 Å². The highest BCUT2D eigenvalue weighted by atomic mass is 16.5. The van der Waals surface area contributed by atoms with Crippen LogP contribution in [-0.2, 0) is 22.4 Å². The Labute approximate surface area is 336 Å². The zero-order valence-electron chi connectivity index (χ0n) is 32.9. The van der Waals surface area contributed by atoms with Crippen LogP contribution in [0.15, 0.2) is 47.1 Å². The molecule has 10 rings (SSSR count). The number of hydrogen-bond donors (Lipinski definition) is 3. The summed E-state index contributed by atoms with van der Waals surface area (Å²) in [5.74, 6) is -0.130. The third-order valence-corrected chi connectivity index (χ3v) is 14.0. The molecule has 3 atom stereocenters. The molecule has 5 amide bonds. The molecule has 15 heteroatoms. The molecule has 4 aromatic rings. The van der Waals surface area contributed by atoms with E-state index in [1.165, 1.54) is 29.5 Å². The van der Waals surface area contributed by atoms with Crippen LogP contribution in [0.2, 0.25) is 0 Å². The topological polar surface area (TPSA) is 183 Å². The van der Waals surface area contributed by atoms with Crippen LogP contribution in [0.1, 0.15) is 96.1 Å². The van der Waals surface area contributed by atoms with Gasteiger partial charge in [0, 0.05) is 75.4 Å². The lowest BCUT2D eigenvalue weighted by atomic mass is 9.64. The van der Waals surface area contributed by atoms with E-state index in [-0.39, 0.29) is 29.6 Å². The summed E-state index contributed by atoms with van der Waals surface area (Å²) in [5, 5.41) is 11.0. The number of urea groups is 1. The molecular weight excluding hydrogens is 737 g/mol. The van der Waals surface area contributed by atoms with Gasteiger partial charge in [-0.05, 0) is 98.4 Å². The second-order valence-corrected chi connectivity index (χ2v) is 17.6. The van der Waals surface area contributed by atoms with Crippen LogP contribution in [0.5, 0.6) is 0 Å². The van der Waals surface area contributed by atoms with E-state index in [1.807, 2.05) is 30.1 Å². The number of fused-ring (bicyclic) bond motifs is 3. The molecule has 6 heterocycles. The fourth-order valence-corrected chi connectivity index (χ4v) is 10.7. The Hall–Kier alpha value is -5.57. The standard InChI is InChI=1S/C43H50N10O5/c1-50-17-18-53(42(50)57)29-3-2-16-51(22-29)34-21-45-37(39(44)55)40(47-34)46-28-7-4-25(5-8-28)26-12-14-43(15-13-26)23-52(24-43)30-19-27-6-9-31-36(49-58-38(31)33(27)20-30)32-10-11-35(54)48-41(32)56/h4-9,21,26,29-30,32H,2-3,10-20,22-24H2,1H3,(H2,44,55)(H,46,47)(H,48,54,56)/t29?,30-,32?/m1/s1. The molecule has 1 spiro atoms. The molecular formula is C43H50N10O5. The molecule has 58 heavy (non-hydrogen) atoms. The van der Waals surface area contributed by atoms with Gasteiger partial charge in [-0.15, -0.1) is 0 Å². The fraction of sp³-hybridized carbons (Fsp3) is 0.512. The molecule has 5 fully saturated rings. The first kappa shape index (κ1) is 36.7. The summed E-state index contributed by atoms with van der Waals surface area (Å²) in [5.41, 5.74) is 12.3. The molecule has 0 bridgehead atoms. The monoisotopic (exact) mass is 786 g/mol. The maximum absolute atomic E-state index is 12.7. The number of hydrogen-bond acceptors (Lipinski definition) is 11. The number of primary amides is 1. The van der Waals surface area contributed by atoms with E-state index < -0.39 is 11.8 Å². The van der Waals surface area contributed by atoms with Crippen molar-refractivity contribution in [2.45, 2.75) is 88.1 Å². The molecule has 0 radical (unpaired) electrons. The normalized spacial score (nSPS) is 25.0. The van der Waals surface area contributed by atoms with Gasteiger partial charge in [0.25, 0.3) is 5.91 Å². The largest absolute Gasteiger partial charge is 0.364 e.